The molecule has 1 unspecified atom stereocenters. The third kappa shape index (κ3) is 3.48. The van der Waals surface area contributed by atoms with Crippen molar-refractivity contribution in [3.05, 3.63) is 18.1 Å². The Balaban J connectivity index is 2.87. The van der Waals surface area contributed by atoms with Crippen molar-refractivity contribution in [1.29, 1.82) is 5.26 Å². The number of hydrogen-bond acceptors (Lipinski definition) is 4. The van der Waals surface area contributed by atoms with Crippen molar-refractivity contribution in [2.75, 3.05) is 5.33 Å². The smallest absolute Gasteiger partial charge is 0.232 e. The molecule has 0 aliphatic heterocycles. The Hall–Kier alpha value is -1.15. The minimum absolute atomic E-state index is 0.0547. The number of hydrogen-bond donors (Lipinski definition) is 0. The highest BCUT2D eigenvalue weighted by molar-refractivity contribution is 9.09. The minimum atomic E-state index is -0.284. The van der Waals surface area contributed by atoms with E-state index in [4.69, 9.17) is 10.00 Å². The summed E-state index contributed by atoms with van der Waals surface area (Å²) in [5, 5.41) is 9.41. The molecule has 0 aliphatic rings. The Kier molecular flexibility index (Phi) is 4.50. The predicted molar refractivity (Wildman–Crippen MR) is 59.9 cm³/mol. The quantitative estimate of drug-likeness (QED) is 0.787. The summed E-state index contributed by atoms with van der Waals surface area (Å²) in [6, 6.07) is 2.14. The van der Waals surface area contributed by atoms with Gasteiger partial charge >= 0.3 is 0 Å². The van der Waals surface area contributed by atoms with E-state index in [9.17, 15) is 0 Å². The van der Waals surface area contributed by atoms with Gasteiger partial charge in [0.15, 0.2) is 0 Å². The summed E-state index contributed by atoms with van der Waals surface area (Å²) in [6.07, 6.45) is 3.19. The zero-order valence-corrected chi connectivity index (χ0v) is 10.2. The molecule has 1 aromatic rings. The molecule has 0 radical (unpaired) electrons. The highest BCUT2D eigenvalue weighted by Crippen LogP contribution is 2.17. The largest absolute Gasteiger partial charge is 0.474 e. The van der Waals surface area contributed by atoms with E-state index in [-0.39, 0.29) is 12.0 Å². The first-order valence-corrected chi connectivity index (χ1v) is 5.73. The van der Waals surface area contributed by atoms with E-state index in [1.807, 2.05) is 13.8 Å². The average Bonchev–Trinajstić information content (AvgIpc) is 2.19. The molecule has 1 rings (SSSR count). The van der Waals surface area contributed by atoms with Crippen molar-refractivity contribution in [3.8, 4) is 11.9 Å². The fraction of sp³-hybridized carbons (Fsp3) is 0.500. The van der Waals surface area contributed by atoms with E-state index < -0.39 is 0 Å². The van der Waals surface area contributed by atoms with Gasteiger partial charge in [0.2, 0.25) is 5.88 Å². The molecule has 4 nitrogen and oxygen atoms in total. The molecular weight excluding hydrogens is 258 g/mol. The molecule has 1 atom stereocenters. The van der Waals surface area contributed by atoms with E-state index in [2.05, 4.69) is 32.0 Å². The van der Waals surface area contributed by atoms with Crippen molar-refractivity contribution < 1.29 is 4.74 Å². The van der Waals surface area contributed by atoms with Crippen molar-refractivity contribution in [2.45, 2.75) is 25.9 Å². The van der Waals surface area contributed by atoms with Gasteiger partial charge in [-0.2, -0.15) is 5.26 Å². The highest BCUT2D eigenvalue weighted by atomic mass is 79.9. The Bertz CT molecular complexity index is 362. The zero-order chi connectivity index (χ0) is 11.3. The third-order valence-corrected chi connectivity index (χ3v) is 2.30. The van der Waals surface area contributed by atoms with Crippen LogP contribution in [0.25, 0.3) is 0 Å². The number of alkyl halides is 1. The lowest BCUT2D eigenvalue weighted by atomic mass is 10.1. The van der Waals surface area contributed by atoms with Crippen molar-refractivity contribution >= 4 is 15.9 Å². The second-order valence-corrected chi connectivity index (χ2v) is 3.93. The Labute approximate surface area is 97.4 Å². The standard InChI is InChI=1S/C10H12BrN3O/c1-7(2)15-10-6-13-5-9(14-10)8(3-11)4-12/h5-8H,3H2,1-2H3. The maximum absolute atomic E-state index is 8.86. The Morgan fingerprint density at radius 1 is 1.53 bits per heavy atom. The molecule has 0 spiro atoms. The normalized spacial score (nSPS) is 12.2. The second-order valence-electron chi connectivity index (χ2n) is 3.28. The first-order chi connectivity index (χ1) is 7.17. The molecule has 0 fully saturated rings. The summed E-state index contributed by atoms with van der Waals surface area (Å²) < 4.78 is 5.40. The number of rotatable bonds is 4. The average molecular weight is 270 g/mol. The molecule has 5 heteroatoms. The highest BCUT2D eigenvalue weighted by Gasteiger charge is 2.12. The lowest BCUT2D eigenvalue weighted by Gasteiger charge is -2.10. The van der Waals surface area contributed by atoms with Gasteiger partial charge in [0.25, 0.3) is 0 Å². The summed E-state index contributed by atoms with van der Waals surface area (Å²) in [4.78, 5) is 8.21. The van der Waals surface area contributed by atoms with Crippen molar-refractivity contribution in [3.63, 3.8) is 0 Å². The van der Waals surface area contributed by atoms with E-state index >= 15 is 0 Å². The van der Waals surface area contributed by atoms with Gasteiger partial charge in [-0.05, 0) is 13.8 Å². The first kappa shape index (κ1) is 11.9. The summed E-state index contributed by atoms with van der Waals surface area (Å²) in [5.41, 5.74) is 0.632. The third-order valence-electron chi connectivity index (χ3n) is 1.65. The lowest BCUT2D eigenvalue weighted by Crippen LogP contribution is -2.09. The number of nitriles is 1. The SMILES string of the molecule is CC(C)Oc1cncc(C(C#N)CBr)n1. The zero-order valence-electron chi connectivity index (χ0n) is 8.64. The fourth-order valence-corrected chi connectivity index (χ4v) is 1.48. The minimum Gasteiger partial charge on any atom is -0.474 e. The lowest BCUT2D eigenvalue weighted by molar-refractivity contribution is 0.231. The summed E-state index contributed by atoms with van der Waals surface area (Å²) in [7, 11) is 0. The summed E-state index contributed by atoms with van der Waals surface area (Å²) in [6.45, 7) is 3.83. The van der Waals surface area contributed by atoms with Crippen LogP contribution in [0.15, 0.2) is 12.4 Å². The Morgan fingerprint density at radius 2 is 2.27 bits per heavy atom. The maximum Gasteiger partial charge on any atom is 0.232 e. The maximum atomic E-state index is 8.86. The molecule has 0 aromatic carbocycles. The second kappa shape index (κ2) is 5.66. The monoisotopic (exact) mass is 269 g/mol. The first-order valence-electron chi connectivity index (χ1n) is 4.61. The van der Waals surface area contributed by atoms with Gasteiger partial charge in [-0.1, -0.05) is 15.9 Å². The van der Waals surface area contributed by atoms with Crippen LogP contribution in [0.3, 0.4) is 0 Å². The van der Waals surface area contributed by atoms with Crippen LogP contribution in [0.2, 0.25) is 0 Å². The molecule has 0 amide bonds. The van der Waals surface area contributed by atoms with E-state index in [1.165, 1.54) is 0 Å². The fourth-order valence-electron chi connectivity index (χ4n) is 1.01. The van der Waals surface area contributed by atoms with Crippen LogP contribution in [0, 0.1) is 11.3 Å². The molecule has 1 heterocycles. The van der Waals surface area contributed by atoms with Gasteiger partial charge in [-0.25, -0.2) is 4.98 Å². The molecule has 0 aliphatic carbocycles. The van der Waals surface area contributed by atoms with Crippen LogP contribution in [-0.4, -0.2) is 21.4 Å². The topological polar surface area (TPSA) is 58.8 Å². The molecular formula is C10H12BrN3O. The molecule has 0 N–H and O–H groups in total. The van der Waals surface area contributed by atoms with Crippen molar-refractivity contribution in [1.82, 2.24) is 9.97 Å². The van der Waals surface area contributed by atoms with Gasteiger partial charge in [-0.3, -0.25) is 4.98 Å². The van der Waals surface area contributed by atoms with E-state index in [0.29, 0.717) is 16.9 Å². The number of ether oxygens (including phenoxy) is 1. The van der Waals surface area contributed by atoms with Crippen molar-refractivity contribution in [2.24, 2.45) is 0 Å². The number of nitrogens with zero attached hydrogens (tertiary/aromatic N) is 3. The van der Waals surface area contributed by atoms with Gasteiger partial charge in [-0.15, -0.1) is 0 Å². The number of halogens is 1. The molecule has 0 saturated heterocycles. The van der Waals surface area contributed by atoms with Gasteiger partial charge in [0, 0.05) is 5.33 Å². The van der Waals surface area contributed by atoms with Gasteiger partial charge in [0.05, 0.1) is 36.2 Å². The van der Waals surface area contributed by atoms with E-state index in [1.54, 1.807) is 12.4 Å². The van der Waals surface area contributed by atoms with Crippen LogP contribution in [0.5, 0.6) is 5.88 Å². The van der Waals surface area contributed by atoms with E-state index in [0.717, 1.165) is 0 Å². The molecule has 1 aromatic heterocycles. The van der Waals surface area contributed by atoms with Crippen LogP contribution < -0.4 is 4.74 Å². The molecule has 0 saturated carbocycles. The molecule has 0 bridgehead atoms. The predicted octanol–water partition coefficient (Wildman–Crippen LogP) is 2.27. The summed E-state index contributed by atoms with van der Waals surface area (Å²) in [5.74, 6) is 0.178. The van der Waals surface area contributed by atoms with Crippen LogP contribution in [0.4, 0.5) is 0 Å². The Morgan fingerprint density at radius 3 is 2.80 bits per heavy atom. The van der Waals surface area contributed by atoms with Crippen LogP contribution >= 0.6 is 15.9 Å². The van der Waals surface area contributed by atoms with Gasteiger partial charge < -0.3 is 4.74 Å². The van der Waals surface area contributed by atoms with Crippen LogP contribution in [-0.2, 0) is 0 Å². The van der Waals surface area contributed by atoms with Gasteiger partial charge in [0.1, 0.15) is 0 Å². The molecule has 80 valence electrons. The number of aromatic nitrogens is 2. The summed E-state index contributed by atoms with van der Waals surface area (Å²) >= 11 is 3.26. The molecule has 15 heavy (non-hydrogen) atoms. The van der Waals surface area contributed by atoms with Crippen LogP contribution in [0.1, 0.15) is 25.5 Å².